The number of amides is 2. The predicted octanol–water partition coefficient (Wildman–Crippen LogP) is 4.06. The fourth-order valence-electron chi connectivity index (χ4n) is 3.23. The Hall–Kier alpha value is -2.73. The van der Waals surface area contributed by atoms with Crippen molar-refractivity contribution in [2.24, 2.45) is 0 Å². The Morgan fingerprint density at radius 3 is 2.54 bits per heavy atom. The molecule has 1 aliphatic rings. The quantitative estimate of drug-likeness (QED) is 0.758. The average molecular weight is 403 g/mol. The van der Waals surface area contributed by atoms with E-state index in [0.29, 0.717) is 53.7 Å². The highest BCUT2D eigenvalue weighted by atomic mass is 35.5. The second kappa shape index (κ2) is 8.97. The molecule has 0 spiro atoms. The molecule has 0 bridgehead atoms. The molecule has 1 N–H and O–H groups in total. The molecule has 0 saturated carbocycles. The number of halogens is 1. The second-order valence-corrected chi connectivity index (χ2v) is 6.96. The summed E-state index contributed by atoms with van der Waals surface area (Å²) in [5, 5.41) is 3.41. The molecular weight excluding hydrogens is 380 g/mol. The van der Waals surface area contributed by atoms with E-state index in [1.54, 1.807) is 49.5 Å². The standard InChI is InChI=1S/C21H23ClN2O4/c1-27-18-8-5-14(12-16(18)22)6-10-20(25)23-15-7-9-19(28-2)17(13-15)24-11-3-4-21(24)26/h5,7-9,12-13H,3-4,6,10-11H2,1-2H3,(H,23,25). The summed E-state index contributed by atoms with van der Waals surface area (Å²) in [6, 6.07) is 10.8. The fraction of sp³-hybridized carbons (Fsp3) is 0.333. The summed E-state index contributed by atoms with van der Waals surface area (Å²) < 4.78 is 10.5. The molecule has 2 aromatic rings. The molecule has 0 radical (unpaired) electrons. The first-order valence-electron chi connectivity index (χ1n) is 9.12. The van der Waals surface area contributed by atoms with Gasteiger partial charge in [0.05, 0.1) is 24.9 Å². The highest BCUT2D eigenvalue weighted by Crippen LogP contribution is 2.34. The maximum atomic E-state index is 12.4. The largest absolute Gasteiger partial charge is 0.495 e. The summed E-state index contributed by atoms with van der Waals surface area (Å²) in [4.78, 5) is 26.1. The number of nitrogens with one attached hydrogen (secondary N) is 1. The van der Waals surface area contributed by atoms with Gasteiger partial charge in [0.2, 0.25) is 11.8 Å². The van der Waals surface area contributed by atoms with Crippen molar-refractivity contribution in [1.29, 1.82) is 0 Å². The van der Waals surface area contributed by atoms with E-state index in [9.17, 15) is 9.59 Å². The minimum atomic E-state index is -0.115. The molecule has 2 amide bonds. The van der Waals surface area contributed by atoms with Crippen LogP contribution in [0.5, 0.6) is 11.5 Å². The van der Waals surface area contributed by atoms with E-state index in [1.165, 1.54) is 0 Å². The van der Waals surface area contributed by atoms with Crippen LogP contribution in [0.3, 0.4) is 0 Å². The summed E-state index contributed by atoms with van der Waals surface area (Å²) in [5.74, 6) is 1.17. The Morgan fingerprint density at radius 1 is 1.14 bits per heavy atom. The van der Waals surface area contributed by atoms with Gasteiger partial charge < -0.3 is 19.7 Å². The zero-order chi connectivity index (χ0) is 20.1. The number of benzene rings is 2. The number of anilines is 2. The van der Waals surface area contributed by atoms with E-state index < -0.39 is 0 Å². The molecule has 148 valence electrons. The Morgan fingerprint density at radius 2 is 1.89 bits per heavy atom. The van der Waals surface area contributed by atoms with Crippen molar-refractivity contribution in [2.45, 2.75) is 25.7 Å². The van der Waals surface area contributed by atoms with E-state index in [0.717, 1.165) is 12.0 Å². The van der Waals surface area contributed by atoms with Crippen LogP contribution in [0.15, 0.2) is 36.4 Å². The van der Waals surface area contributed by atoms with Crippen LogP contribution in [0.2, 0.25) is 5.02 Å². The van der Waals surface area contributed by atoms with Gasteiger partial charge in [-0.1, -0.05) is 17.7 Å². The van der Waals surface area contributed by atoms with E-state index >= 15 is 0 Å². The van der Waals surface area contributed by atoms with E-state index in [1.807, 2.05) is 6.07 Å². The Kier molecular flexibility index (Phi) is 6.41. The summed E-state index contributed by atoms with van der Waals surface area (Å²) in [6.07, 6.45) is 2.23. The van der Waals surface area contributed by atoms with Crippen molar-refractivity contribution in [3.05, 3.63) is 47.0 Å². The van der Waals surface area contributed by atoms with Gasteiger partial charge in [-0.2, -0.15) is 0 Å². The lowest BCUT2D eigenvalue weighted by atomic mass is 10.1. The third-order valence-electron chi connectivity index (χ3n) is 4.68. The molecule has 1 fully saturated rings. The zero-order valence-corrected chi connectivity index (χ0v) is 16.7. The Balaban J connectivity index is 1.65. The van der Waals surface area contributed by atoms with Crippen molar-refractivity contribution < 1.29 is 19.1 Å². The minimum Gasteiger partial charge on any atom is -0.495 e. The number of nitrogens with zero attached hydrogens (tertiary/aromatic N) is 1. The van der Waals surface area contributed by atoms with Crippen molar-refractivity contribution in [2.75, 3.05) is 31.0 Å². The maximum absolute atomic E-state index is 12.4. The molecule has 28 heavy (non-hydrogen) atoms. The van der Waals surface area contributed by atoms with Gasteiger partial charge in [0.15, 0.2) is 0 Å². The van der Waals surface area contributed by atoms with E-state index in [4.69, 9.17) is 21.1 Å². The third-order valence-corrected chi connectivity index (χ3v) is 4.98. The molecule has 1 aliphatic heterocycles. The lowest BCUT2D eigenvalue weighted by molar-refractivity contribution is -0.117. The van der Waals surface area contributed by atoms with Crippen LogP contribution in [0.4, 0.5) is 11.4 Å². The average Bonchev–Trinajstić information content (AvgIpc) is 3.12. The second-order valence-electron chi connectivity index (χ2n) is 6.55. The summed E-state index contributed by atoms with van der Waals surface area (Å²) in [7, 11) is 3.13. The third kappa shape index (κ3) is 4.57. The van der Waals surface area contributed by atoms with Crippen molar-refractivity contribution >= 4 is 34.8 Å². The smallest absolute Gasteiger partial charge is 0.227 e. The number of methoxy groups -OCH3 is 2. The van der Waals surface area contributed by atoms with Gasteiger partial charge in [-0.25, -0.2) is 0 Å². The topological polar surface area (TPSA) is 67.9 Å². The van der Waals surface area contributed by atoms with Gasteiger partial charge in [0.1, 0.15) is 11.5 Å². The number of carbonyl (C=O) groups excluding carboxylic acids is 2. The minimum absolute atomic E-state index is 0.0677. The molecule has 0 unspecified atom stereocenters. The van der Waals surface area contributed by atoms with E-state index in [2.05, 4.69) is 5.32 Å². The summed E-state index contributed by atoms with van der Waals surface area (Å²) in [5.41, 5.74) is 2.28. The van der Waals surface area contributed by atoms with Gasteiger partial charge >= 0.3 is 0 Å². The number of rotatable bonds is 7. The lowest BCUT2D eigenvalue weighted by Gasteiger charge is -2.20. The first-order chi connectivity index (χ1) is 13.5. The highest BCUT2D eigenvalue weighted by molar-refractivity contribution is 6.32. The van der Waals surface area contributed by atoms with Gasteiger partial charge in [-0.15, -0.1) is 0 Å². The van der Waals surface area contributed by atoms with E-state index in [-0.39, 0.29) is 11.8 Å². The van der Waals surface area contributed by atoms with Crippen LogP contribution in [0, 0.1) is 0 Å². The molecule has 6 nitrogen and oxygen atoms in total. The SMILES string of the molecule is COc1ccc(CCC(=O)Nc2ccc(OC)c(N3CCCC3=O)c2)cc1Cl. The van der Waals surface area contributed by atoms with Crippen LogP contribution in [-0.2, 0) is 16.0 Å². The predicted molar refractivity (Wildman–Crippen MR) is 110 cm³/mol. The summed E-state index contributed by atoms with van der Waals surface area (Å²) in [6.45, 7) is 0.658. The zero-order valence-electron chi connectivity index (χ0n) is 16.0. The van der Waals surface area contributed by atoms with Crippen molar-refractivity contribution in [3.63, 3.8) is 0 Å². The highest BCUT2D eigenvalue weighted by Gasteiger charge is 2.24. The Bertz CT molecular complexity index is 885. The van der Waals surface area contributed by atoms with Gasteiger partial charge in [0.25, 0.3) is 0 Å². The maximum Gasteiger partial charge on any atom is 0.227 e. The monoisotopic (exact) mass is 402 g/mol. The molecule has 2 aromatic carbocycles. The number of ether oxygens (including phenoxy) is 2. The first kappa shape index (κ1) is 20.0. The number of hydrogen-bond acceptors (Lipinski definition) is 4. The van der Waals surface area contributed by atoms with Gasteiger partial charge in [-0.3, -0.25) is 9.59 Å². The van der Waals surface area contributed by atoms with Crippen LogP contribution < -0.4 is 19.7 Å². The molecule has 0 aromatic heterocycles. The van der Waals surface area contributed by atoms with Crippen LogP contribution in [0.1, 0.15) is 24.8 Å². The van der Waals surface area contributed by atoms with Crippen LogP contribution >= 0.6 is 11.6 Å². The molecule has 0 aliphatic carbocycles. The van der Waals surface area contributed by atoms with Gasteiger partial charge in [-0.05, 0) is 48.7 Å². The number of hydrogen-bond donors (Lipinski definition) is 1. The normalized spacial score (nSPS) is 13.5. The van der Waals surface area contributed by atoms with Crippen molar-refractivity contribution in [3.8, 4) is 11.5 Å². The molecule has 7 heteroatoms. The fourth-order valence-corrected chi connectivity index (χ4v) is 3.51. The molecular formula is C21H23ClN2O4. The Labute approximate surface area is 169 Å². The van der Waals surface area contributed by atoms with Crippen LogP contribution in [-0.4, -0.2) is 32.6 Å². The molecule has 0 atom stereocenters. The molecule has 1 saturated heterocycles. The molecule has 1 heterocycles. The lowest BCUT2D eigenvalue weighted by Crippen LogP contribution is -2.24. The molecule has 3 rings (SSSR count). The first-order valence-corrected chi connectivity index (χ1v) is 9.50. The summed E-state index contributed by atoms with van der Waals surface area (Å²) >= 11 is 6.12. The van der Waals surface area contributed by atoms with Gasteiger partial charge in [0, 0.05) is 25.1 Å². The number of carbonyl (C=O) groups is 2. The number of aryl methyl sites for hydroxylation is 1. The van der Waals surface area contributed by atoms with Crippen molar-refractivity contribution in [1.82, 2.24) is 0 Å². The van der Waals surface area contributed by atoms with Crippen LogP contribution in [0.25, 0.3) is 0 Å².